The molecule has 2 aromatic rings. The number of hydrogen-bond acceptors (Lipinski definition) is 2. The summed E-state index contributed by atoms with van der Waals surface area (Å²) in [6, 6.07) is 12.1. The molecule has 0 aliphatic rings. The van der Waals surface area contributed by atoms with E-state index >= 15 is 0 Å². The molecular formula is C14H13BrFNO. The number of nitrogens with two attached hydrogens (primary N) is 1. The molecule has 2 aromatic carbocycles. The van der Waals surface area contributed by atoms with Crippen molar-refractivity contribution in [3.8, 4) is 5.75 Å². The van der Waals surface area contributed by atoms with E-state index in [9.17, 15) is 4.39 Å². The van der Waals surface area contributed by atoms with E-state index < -0.39 is 0 Å². The Morgan fingerprint density at radius 3 is 2.44 bits per heavy atom. The predicted octanol–water partition coefficient (Wildman–Crippen LogP) is 3.63. The van der Waals surface area contributed by atoms with Crippen LogP contribution in [0.2, 0.25) is 0 Å². The zero-order valence-electron chi connectivity index (χ0n) is 9.70. The van der Waals surface area contributed by atoms with Gasteiger partial charge in [-0.25, -0.2) is 4.39 Å². The molecule has 0 amide bonds. The maximum absolute atomic E-state index is 13.2. The van der Waals surface area contributed by atoms with Crippen LogP contribution < -0.4 is 10.5 Å². The molecule has 2 N–H and O–H groups in total. The Labute approximate surface area is 114 Å². The second kappa shape index (κ2) is 5.98. The number of hydrogen-bond donors (Lipinski definition) is 1. The van der Waals surface area contributed by atoms with Crippen molar-refractivity contribution in [3.05, 3.63) is 63.9 Å². The molecular weight excluding hydrogens is 297 g/mol. The van der Waals surface area contributed by atoms with Crippen molar-refractivity contribution in [2.75, 3.05) is 0 Å². The van der Waals surface area contributed by atoms with Crippen molar-refractivity contribution in [1.82, 2.24) is 0 Å². The van der Waals surface area contributed by atoms with Gasteiger partial charge in [-0.2, -0.15) is 0 Å². The highest BCUT2D eigenvalue weighted by Crippen LogP contribution is 2.19. The minimum absolute atomic E-state index is 0.276. The maximum atomic E-state index is 13.2. The van der Waals surface area contributed by atoms with Crippen LogP contribution in [0.25, 0.3) is 0 Å². The smallest absolute Gasteiger partial charge is 0.123 e. The third-order valence-corrected chi connectivity index (χ3v) is 3.12. The Morgan fingerprint density at radius 1 is 1.06 bits per heavy atom. The van der Waals surface area contributed by atoms with Crippen LogP contribution in [0, 0.1) is 5.82 Å². The zero-order valence-corrected chi connectivity index (χ0v) is 11.3. The van der Waals surface area contributed by atoms with Crippen molar-refractivity contribution < 1.29 is 9.13 Å². The Morgan fingerprint density at radius 2 is 1.78 bits per heavy atom. The first-order valence-electron chi connectivity index (χ1n) is 5.55. The lowest BCUT2D eigenvalue weighted by Gasteiger charge is -2.10. The van der Waals surface area contributed by atoms with Crippen molar-refractivity contribution >= 4 is 15.9 Å². The average Bonchev–Trinajstić information content (AvgIpc) is 2.38. The summed E-state index contributed by atoms with van der Waals surface area (Å²) in [7, 11) is 0. The highest BCUT2D eigenvalue weighted by atomic mass is 79.9. The highest BCUT2D eigenvalue weighted by molar-refractivity contribution is 9.10. The number of rotatable bonds is 4. The largest absolute Gasteiger partial charge is 0.489 e. The van der Waals surface area contributed by atoms with Crippen molar-refractivity contribution in [3.63, 3.8) is 0 Å². The molecule has 0 radical (unpaired) electrons. The van der Waals surface area contributed by atoms with Crippen LogP contribution in [0.4, 0.5) is 4.39 Å². The van der Waals surface area contributed by atoms with Gasteiger partial charge in [-0.05, 0) is 47.5 Å². The SMILES string of the molecule is NCc1ccc(F)cc1COc1ccc(Br)cc1. The number of benzene rings is 2. The van der Waals surface area contributed by atoms with E-state index in [0.717, 1.165) is 21.3 Å². The zero-order chi connectivity index (χ0) is 13.0. The number of ether oxygens (including phenoxy) is 1. The van der Waals surface area contributed by atoms with Crippen LogP contribution in [0.3, 0.4) is 0 Å². The minimum atomic E-state index is -0.276. The molecule has 0 saturated heterocycles. The topological polar surface area (TPSA) is 35.2 Å². The van der Waals surface area contributed by atoms with Gasteiger partial charge < -0.3 is 10.5 Å². The summed E-state index contributed by atoms with van der Waals surface area (Å²) in [5.74, 6) is 0.465. The molecule has 4 heteroatoms. The highest BCUT2D eigenvalue weighted by Gasteiger charge is 2.04. The van der Waals surface area contributed by atoms with E-state index in [1.807, 2.05) is 24.3 Å². The Hall–Kier alpha value is -1.39. The summed E-state index contributed by atoms with van der Waals surface area (Å²) in [6.45, 7) is 0.686. The summed E-state index contributed by atoms with van der Waals surface area (Å²) in [6.07, 6.45) is 0. The van der Waals surface area contributed by atoms with E-state index in [0.29, 0.717) is 13.2 Å². The first kappa shape index (κ1) is 13.1. The van der Waals surface area contributed by atoms with E-state index in [4.69, 9.17) is 10.5 Å². The molecule has 0 atom stereocenters. The van der Waals surface area contributed by atoms with Crippen molar-refractivity contribution in [1.29, 1.82) is 0 Å². The third kappa shape index (κ3) is 3.31. The lowest BCUT2D eigenvalue weighted by Crippen LogP contribution is -2.05. The molecule has 18 heavy (non-hydrogen) atoms. The van der Waals surface area contributed by atoms with Crippen LogP contribution in [0.15, 0.2) is 46.9 Å². The summed E-state index contributed by atoms with van der Waals surface area (Å²) in [5, 5.41) is 0. The Bertz CT molecular complexity index is 528. The van der Waals surface area contributed by atoms with Gasteiger partial charge in [0.1, 0.15) is 18.2 Å². The van der Waals surface area contributed by atoms with E-state index in [-0.39, 0.29) is 5.82 Å². The summed E-state index contributed by atoms with van der Waals surface area (Å²) >= 11 is 3.35. The van der Waals surface area contributed by atoms with Crippen LogP contribution in [0.1, 0.15) is 11.1 Å². The maximum Gasteiger partial charge on any atom is 0.123 e. The average molecular weight is 310 g/mol. The monoisotopic (exact) mass is 309 g/mol. The van der Waals surface area contributed by atoms with Gasteiger partial charge in [-0.1, -0.05) is 22.0 Å². The van der Waals surface area contributed by atoms with Crippen molar-refractivity contribution in [2.45, 2.75) is 13.2 Å². The number of halogens is 2. The van der Waals surface area contributed by atoms with Crippen LogP contribution in [0.5, 0.6) is 5.75 Å². The van der Waals surface area contributed by atoms with Crippen LogP contribution >= 0.6 is 15.9 Å². The molecule has 0 bridgehead atoms. The Balaban J connectivity index is 2.09. The van der Waals surface area contributed by atoms with Crippen LogP contribution in [-0.4, -0.2) is 0 Å². The molecule has 94 valence electrons. The quantitative estimate of drug-likeness (QED) is 0.936. The van der Waals surface area contributed by atoms with Gasteiger partial charge >= 0.3 is 0 Å². The first-order valence-corrected chi connectivity index (χ1v) is 6.34. The van der Waals surface area contributed by atoms with E-state index in [2.05, 4.69) is 15.9 Å². The summed E-state index contributed by atoms with van der Waals surface area (Å²) < 4.78 is 19.8. The third-order valence-electron chi connectivity index (χ3n) is 2.60. The molecule has 0 aliphatic heterocycles. The fourth-order valence-electron chi connectivity index (χ4n) is 1.62. The predicted molar refractivity (Wildman–Crippen MR) is 72.8 cm³/mol. The lowest BCUT2D eigenvalue weighted by atomic mass is 10.1. The molecule has 0 unspecified atom stereocenters. The van der Waals surface area contributed by atoms with Crippen molar-refractivity contribution in [2.24, 2.45) is 5.73 Å². The van der Waals surface area contributed by atoms with E-state index in [1.165, 1.54) is 12.1 Å². The molecule has 0 fully saturated rings. The van der Waals surface area contributed by atoms with Gasteiger partial charge in [0, 0.05) is 11.0 Å². The Kier molecular flexibility index (Phi) is 4.33. The molecule has 0 spiro atoms. The molecule has 0 aliphatic carbocycles. The fourth-order valence-corrected chi connectivity index (χ4v) is 1.88. The molecule has 0 aromatic heterocycles. The second-order valence-corrected chi connectivity index (χ2v) is 4.78. The van der Waals surface area contributed by atoms with Gasteiger partial charge in [0.2, 0.25) is 0 Å². The molecule has 0 saturated carbocycles. The molecule has 2 nitrogen and oxygen atoms in total. The minimum Gasteiger partial charge on any atom is -0.489 e. The van der Waals surface area contributed by atoms with E-state index in [1.54, 1.807) is 6.07 Å². The second-order valence-electron chi connectivity index (χ2n) is 3.86. The van der Waals surface area contributed by atoms with Gasteiger partial charge in [0.15, 0.2) is 0 Å². The fraction of sp³-hybridized carbons (Fsp3) is 0.143. The molecule has 0 heterocycles. The first-order chi connectivity index (χ1) is 8.69. The van der Waals surface area contributed by atoms with Gasteiger partial charge in [0.25, 0.3) is 0 Å². The molecule has 2 rings (SSSR count). The van der Waals surface area contributed by atoms with Crippen LogP contribution in [-0.2, 0) is 13.2 Å². The lowest BCUT2D eigenvalue weighted by molar-refractivity contribution is 0.304. The summed E-state index contributed by atoms with van der Waals surface area (Å²) in [4.78, 5) is 0. The standard InChI is InChI=1S/C14H13BrFNO/c15-12-2-5-14(6-3-12)18-9-11-7-13(16)4-1-10(11)8-17/h1-7H,8-9,17H2. The normalized spacial score (nSPS) is 10.4. The van der Waals surface area contributed by atoms with Gasteiger partial charge in [-0.3, -0.25) is 0 Å². The van der Waals surface area contributed by atoms with Gasteiger partial charge in [0.05, 0.1) is 0 Å². The van der Waals surface area contributed by atoms with Gasteiger partial charge in [-0.15, -0.1) is 0 Å². The summed E-state index contributed by atoms with van der Waals surface area (Å²) in [5.41, 5.74) is 7.28.